The first-order valence-corrected chi connectivity index (χ1v) is 7.41. The predicted molar refractivity (Wildman–Crippen MR) is 70.4 cm³/mol. The summed E-state index contributed by atoms with van der Waals surface area (Å²) in [5.74, 6) is 0. The molecule has 0 bridgehead atoms. The number of anilines is 1. The minimum Gasteiger partial charge on any atom is -0.255 e. The van der Waals surface area contributed by atoms with Gasteiger partial charge in [-0.2, -0.15) is 13.1 Å². The fourth-order valence-corrected chi connectivity index (χ4v) is 4.11. The summed E-state index contributed by atoms with van der Waals surface area (Å²) in [7, 11) is -3.56. The van der Waals surface area contributed by atoms with Crippen LogP contribution in [0.3, 0.4) is 0 Å². The van der Waals surface area contributed by atoms with E-state index < -0.39 is 10.2 Å². The van der Waals surface area contributed by atoms with Gasteiger partial charge in [0.1, 0.15) is 0 Å². The maximum absolute atomic E-state index is 11.8. The van der Waals surface area contributed by atoms with Crippen molar-refractivity contribution in [3.8, 4) is 0 Å². The van der Waals surface area contributed by atoms with Crippen LogP contribution in [0.25, 0.3) is 0 Å². The topological polar surface area (TPSA) is 49.4 Å². The highest BCUT2D eigenvalue weighted by Crippen LogP contribution is 2.38. The molecule has 1 aromatic carbocycles. The molecule has 0 unspecified atom stereocenters. The van der Waals surface area contributed by atoms with Gasteiger partial charge < -0.3 is 0 Å². The van der Waals surface area contributed by atoms with E-state index >= 15 is 0 Å². The van der Waals surface area contributed by atoms with Crippen LogP contribution in [-0.4, -0.2) is 21.5 Å². The summed E-state index contributed by atoms with van der Waals surface area (Å²) < 4.78 is 27.3. The number of nitrogens with zero attached hydrogens (tertiary/aromatic N) is 1. The molecule has 1 aliphatic heterocycles. The van der Waals surface area contributed by atoms with Crippen LogP contribution in [0.15, 0.2) is 12.1 Å². The van der Waals surface area contributed by atoms with E-state index in [9.17, 15) is 8.42 Å². The third-order valence-electron chi connectivity index (χ3n) is 2.34. The first kappa shape index (κ1) is 13.2. The third-order valence-corrected chi connectivity index (χ3v) is 4.65. The highest BCUT2D eigenvalue weighted by molar-refractivity contribution is 7.91. The second kappa shape index (κ2) is 4.82. The Bertz CT molecular complexity index is 524. The zero-order chi connectivity index (χ0) is 12.6. The molecule has 94 valence electrons. The summed E-state index contributed by atoms with van der Waals surface area (Å²) in [6, 6.07) is 2.93. The molecule has 1 saturated heterocycles. The number of nitrogens with one attached hydrogen (secondary N) is 1. The van der Waals surface area contributed by atoms with Crippen molar-refractivity contribution in [2.45, 2.75) is 6.42 Å². The van der Waals surface area contributed by atoms with Gasteiger partial charge in [-0.1, -0.05) is 34.8 Å². The van der Waals surface area contributed by atoms with Gasteiger partial charge in [-0.25, -0.2) is 0 Å². The van der Waals surface area contributed by atoms with Gasteiger partial charge in [0.25, 0.3) is 0 Å². The molecular formula is C9H9Cl3N2O2S. The monoisotopic (exact) mass is 314 g/mol. The van der Waals surface area contributed by atoms with Crippen molar-refractivity contribution in [3.05, 3.63) is 27.2 Å². The quantitative estimate of drug-likeness (QED) is 0.866. The summed E-state index contributed by atoms with van der Waals surface area (Å²) in [5.41, 5.74) is 0.268. The van der Waals surface area contributed by atoms with Gasteiger partial charge in [-0.3, -0.25) is 4.31 Å². The molecule has 0 aliphatic carbocycles. The second-order valence-electron chi connectivity index (χ2n) is 3.54. The Morgan fingerprint density at radius 2 is 1.76 bits per heavy atom. The number of hydrogen-bond acceptors (Lipinski definition) is 2. The molecule has 8 heteroatoms. The Hall–Kier alpha value is -0.200. The maximum atomic E-state index is 11.8. The largest absolute Gasteiger partial charge is 0.301 e. The molecule has 1 aliphatic rings. The standard InChI is InChI=1S/C9H9Cl3N2O2S/c10-6-4-7(11)9(8(12)5-6)14-3-1-2-13-17(14,15)16/h4-5,13H,1-3H2. The summed E-state index contributed by atoms with van der Waals surface area (Å²) in [6.07, 6.45) is 0.689. The fraction of sp³-hybridized carbons (Fsp3) is 0.333. The van der Waals surface area contributed by atoms with Crippen molar-refractivity contribution in [1.82, 2.24) is 4.72 Å². The second-order valence-corrected chi connectivity index (χ2v) is 6.47. The minimum atomic E-state index is -3.56. The van der Waals surface area contributed by atoms with E-state index in [1.54, 1.807) is 0 Å². The molecule has 0 atom stereocenters. The van der Waals surface area contributed by atoms with E-state index in [1.165, 1.54) is 12.1 Å². The number of benzene rings is 1. The number of hydrogen-bond donors (Lipinski definition) is 1. The van der Waals surface area contributed by atoms with Gasteiger partial charge >= 0.3 is 10.2 Å². The Balaban J connectivity index is 2.53. The minimum absolute atomic E-state index is 0.217. The third kappa shape index (κ3) is 2.63. The van der Waals surface area contributed by atoms with E-state index in [1.807, 2.05) is 0 Å². The van der Waals surface area contributed by atoms with Crippen molar-refractivity contribution in [1.29, 1.82) is 0 Å². The molecule has 1 aromatic rings. The van der Waals surface area contributed by atoms with Gasteiger partial charge in [0, 0.05) is 18.1 Å². The first-order valence-electron chi connectivity index (χ1n) is 4.84. The summed E-state index contributed by atoms with van der Waals surface area (Å²) in [4.78, 5) is 0. The highest BCUT2D eigenvalue weighted by atomic mass is 35.5. The lowest BCUT2D eigenvalue weighted by molar-refractivity contribution is 0.560. The van der Waals surface area contributed by atoms with E-state index in [2.05, 4.69) is 4.72 Å². The fourth-order valence-electron chi connectivity index (χ4n) is 1.63. The molecule has 0 saturated carbocycles. The van der Waals surface area contributed by atoms with Crippen molar-refractivity contribution in [3.63, 3.8) is 0 Å². The molecule has 2 rings (SSSR count). The molecule has 0 radical (unpaired) electrons. The lowest BCUT2D eigenvalue weighted by atomic mass is 10.3. The van der Waals surface area contributed by atoms with Crippen molar-refractivity contribution < 1.29 is 8.42 Å². The molecule has 1 heterocycles. The van der Waals surface area contributed by atoms with Gasteiger partial charge in [-0.15, -0.1) is 0 Å². The van der Waals surface area contributed by atoms with Crippen LogP contribution in [0.1, 0.15) is 6.42 Å². The molecule has 4 nitrogen and oxygen atoms in total. The Labute approximate surface area is 115 Å². The zero-order valence-corrected chi connectivity index (χ0v) is 11.7. The van der Waals surface area contributed by atoms with Crippen LogP contribution in [0.5, 0.6) is 0 Å². The average molecular weight is 316 g/mol. The lowest BCUT2D eigenvalue weighted by Crippen LogP contribution is -2.47. The van der Waals surface area contributed by atoms with E-state index in [0.29, 0.717) is 24.5 Å². The Morgan fingerprint density at radius 1 is 1.18 bits per heavy atom. The maximum Gasteiger partial charge on any atom is 0.301 e. The Kier molecular flexibility index (Phi) is 3.75. The summed E-state index contributed by atoms with van der Waals surface area (Å²) in [5, 5.41) is 0.802. The number of halogens is 3. The van der Waals surface area contributed by atoms with Gasteiger partial charge in [-0.05, 0) is 18.6 Å². The van der Waals surface area contributed by atoms with Crippen LogP contribution in [-0.2, 0) is 10.2 Å². The molecular weight excluding hydrogens is 307 g/mol. The normalized spacial score (nSPS) is 19.4. The first-order chi connectivity index (χ1) is 7.92. The molecule has 17 heavy (non-hydrogen) atoms. The average Bonchev–Trinajstić information content (AvgIpc) is 2.18. The molecule has 1 N–H and O–H groups in total. The predicted octanol–water partition coefficient (Wildman–Crippen LogP) is 2.69. The SMILES string of the molecule is O=S1(=O)NCCCN1c1c(Cl)cc(Cl)cc1Cl. The van der Waals surface area contributed by atoms with Crippen LogP contribution >= 0.6 is 34.8 Å². The van der Waals surface area contributed by atoms with Gasteiger partial charge in [0.15, 0.2) is 0 Å². The van der Waals surface area contributed by atoms with Gasteiger partial charge in [0.05, 0.1) is 15.7 Å². The smallest absolute Gasteiger partial charge is 0.255 e. The molecule has 0 spiro atoms. The van der Waals surface area contributed by atoms with Gasteiger partial charge in [0.2, 0.25) is 0 Å². The Morgan fingerprint density at radius 3 is 2.29 bits per heavy atom. The highest BCUT2D eigenvalue weighted by Gasteiger charge is 2.29. The molecule has 0 aromatic heterocycles. The lowest BCUT2D eigenvalue weighted by Gasteiger charge is -2.30. The van der Waals surface area contributed by atoms with Crippen molar-refractivity contribution >= 4 is 50.7 Å². The van der Waals surface area contributed by atoms with E-state index in [-0.39, 0.29) is 15.7 Å². The molecule has 0 amide bonds. The van der Waals surface area contributed by atoms with Crippen LogP contribution in [0.2, 0.25) is 15.1 Å². The zero-order valence-electron chi connectivity index (χ0n) is 8.58. The van der Waals surface area contributed by atoms with Crippen LogP contribution in [0.4, 0.5) is 5.69 Å². The van der Waals surface area contributed by atoms with E-state index in [0.717, 1.165) is 4.31 Å². The van der Waals surface area contributed by atoms with Crippen molar-refractivity contribution in [2.24, 2.45) is 0 Å². The van der Waals surface area contributed by atoms with Crippen molar-refractivity contribution in [2.75, 3.05) is 17.4 Å². The molecule has 1 fully saturated rings. The summed E-state index contributed by atoms with van der Waals surface area (Å²) >= 11 is 17.8. The van der Waals surface area contributed by atoms with Crippen LogP contribution in [0, 0.1) is 0 Å². The summed E-state index contributed by atoms with van der Waals surface area (Å²) in [6.45, 7) is 0.762. The van der Waals surface area contributed by atoms with Crippen LogP contribution < -0.4 is 9.03 Å². The van der Waals surface area contributed by atoms with E-state index in [4.69, 9.17) is 34.8 Å². The number of rotatable bonds is 1.